The molecule has 4 nitrogen and oxygen atoms in total. The Labute approximate surface area is 223 Å². The first-order chi connectivity index (χ1) is 18.0. The summed E-state index contributed by atoms with van der Waals surface area (Å²) < 4.78 is 11.1. The zero-order valence-electron chi connectivity index (χ0n) is 21.6. The maximum absolute atomic E-state index is 11.7. The van der Waals surface area contributed by atoms with Gasteiger partial charge in [0.1, 0.15) is 11.5 Å². The summed E-state index contributed by atoms with van der Waals surface area (Å²) in [6.45, 7) is 3.21. The smallest absolute Gasteiger partial charge is 0.153 e. The minimum atomic E-state index is 0.335. The van der Waals surface area contributed by atoms with E-state index in [9.17, 15) is 4.79 Å². The molecule has 0 radical (unpaired) electrons. The minimum Gasteiger partial charge on any atom is -0.501 e. The molecular weight excluding hydrogens is 482 g/mol. The largest absolute Gasteiger partial charge is 0.501 e. The number of nitrogens with zero attached hydrogens (tertiary/aromatic N) is 1. The third-order valence-electron chi connectivity index (χ3n) is 7.30. The summed E-state index contributed by atoms with van der Waals surface area (Å²) in [5, 5.41) is 2.61. The van der Waals surface area contributed by atoms with Gasteiger partial charge in [0, 0.05) is 31.6 Å². The summed E-state index contributed by atoms with van der Waals surface area (Å²) in [5.41, 5.74) is 6.78. The van der Waals surface area contributed by atoms with Crippen molar-refractivity contribution in [2.24, 2.45) is 5.92 Å². The van der Waals surface area contributed by atoms with E-state index in [2.05, 4.69) is 37.3 Å². The number of carbonyl (C=O) groups excluding carboxylic acids is 1. The zero-order valence-corrected chi connectivity index (χ0v) is 22.3. The molecule has 6 rings (SSSR count). The van der Waals surface area contributed by atoms with E-state index in [0.29, 0.717) is 22.3 Å². The van der Waals surface area contributed by atoms with Crippen LogP contribution in [-0.2, 0) is 11.2 Å². The van der Waals surface area contributed by atoms with Crippen LogP contribution in [0.3, 0.4) is 0 Å². The molecule has 1 heterocycles. The van der Waals surface area contributed by atoms with Crippen molar-refractivity contribution in [3.05, 3.63) is 94.2 Å². The molecule has 0 aromatic heterocycles. The van der Waals surface area contributed by atoms with E-state index in [0.717, 1.165) is 60.8 Å². The van der Waals surface area contributed by atoms with Gasteiger partial charge in [-0.25, -0.2) is 0 Å². The molecule has 3 aromatic rings. The molecule has 0 saturated heterocycles. The topological polar surface area (TPSA) is 38.8 Å². The van der Waals surface area contributed by atoms with Gasteiger partial charge in [-0.05, 0) is 71.5 Å². The van der Waals surface area contributed by atoms with E-state index in [1.54, 1.807) is 11.8 Å². The van der Waals surface area contributed by atoms with Gasteiger partial charge >= 0.3 is 0 Å². The van der Waals surface area contributed by atoms with Crippen molar-refractivity contribution in [3.8, 4) is 11.5 Å². The molecule has 0 saturated carbocycles. The van der Waals surface area contributed by atoms with E-state index in [-0.39, 0.29) is 0 Å². The first-order valence-electron chi connectivity index (χ1n) is 12.8. The number of aldehydes is 1. The molecule has 1 aliphatic heterocycles. The number of aryl methyl sites for hydroxylation is 1. The maximum atomic E-state index is 11.7. The third kappa shape index (κ3) is 4.91. The molecular formula is C32H32ClNO3. The summed E-state index contributed by atoms with van der Waals surface area (Å²) in [7, 11) is 3.78. The molecule has 0 fully saturated rings. The van der Waals surface area contributed by atoms with Crippen LogP contribution in [0.5, 0.6) is 11.5 Å². The van der Waals surface area contributed by atoms with E-state index in [1.165, 1.54) is 16.7 Å². The van der Waals surface area contributed by atoms with E-state index in [4.69, 9.17) is 21.1 Å². The zero-order chi connectivity index (χ0) is 25.9. The van der Waals surface area contributed by atoms with Crippen LogP contribution in [-0.4, -0.2) is 27.0 Å². The van der Waals surface area contributed by atoms with Gasteiger partial charge in [-0.2, -0.15) is 0 Å². The van der Waals surface area contributed by atoms with Gasteiger partial charge < -0.3 is 14.4 Å². The van der Waals surface area contributed by atoms with Gasteiger partial charge in [0.05, 0.1) is 23.5 Å². The summed E-state index contributed by atoms with van der Waals surface area (Å²) in [4.78, 5) is 13.6. The van der Waals surface area contributed by atoms with Crippen molar-refractivity contribution in [2.75, 3.05) is 25.6 Å². The Bertz CT molecular complexity index is 1430. The van der Waals surface area contributed by atoms with Crippen molar-refractivity contribution in [2.45, 2.75) is 32.6 Å². The molecule has 1 atom stereocenters. The van der Waals surface area contributed by atoms with Gasteiger partial charge in [0.2, 0.25) is 0 Å². The number of carbonyl (C=O) groups is 1. The number of halogens is 1. The number of fused-ring (bicyclic) bond motifs is 4. The number of hydrogen-bond donors (Lipinski definition) is 0. The Morgan fingerprint density at radius 1 is 1.05 bits per heavy atom. The third-order valence-corrected chi connectivity index (χ3v) is 7.69. The van der Waals surface area contributed by atoms with Crippen LogP contribution in [0.2, 0.25) is 5.02 Å². The Kier molecular flexibility index (Phi) is 7.38. The van der Waals surface area contributed by atoms with Gasteiger partial charge in [-0.1, -0.05) is 60.5 Å². The van der Waals surface area contributed by atoms with Crippen LogP contribution in [0, 0.1) is 5.92 Å². The highest BCUT2D eigenvalue weighted by Crippen LogP contribution is 2.45. The minimum absolute atomic E-state index is 0.335. The molecule has 3 aromatic carbocycles. The monoisotopic (exact) mass is 513 g/mol. The first-order valence-corrected chi connectivity index (χ1v) is 13.2. The average molecular weight is 514 g/mol. The fourth-order valence-electron chi connectivity index (χ4n) is 5.43. The molecule has 190 valence electrons. The van der Waals surface area contributed by atoms with Crippen LogP contribution >= 0.6 is 11.6 Å². The van der Waals surface area contributed by atoms with E-state index >= 15 is 0 Å². The quantitative estimate of drug-likeness (QED) is 0.328. The number of rotatable bonds is 4. The predicted molar refractivity (Wildman–Crippen MR) is 153 cm³/mol. The lowest BCUT2D eigenvalue weighted by atomic mass is 9.76. The Morgan fingerprint density at radius 2 is 1.92 bits per heavy atom. The van der Waals surface area contributed by atoms with Crippen LogP contribution in [0.4, 0.5) is 5.69 Å². The summed E-state index contributed by atoms with van der Waals surface area (Å²) in [5.74, 6) is 1.86. The second kappa shape index (κ2) is 10.9. The standard InChI is InChI=1S/C28H26ClNO2.C4H6O/c1-17-6-4-8-20-19(17)12-13-22-21(20)11-10-18-7-5-9-25(27(18)22)32-26-15-14-24(30(2)3)23(16-31)28(26)29;1-2-4-5-3-1/h4-5,7-11,14-17H,6,12-13H2,1-3H3;1,3H,2,4H2. The lowest BCUT2D eigenvalue weighted by Crippen LogP contribution is -2.13. The summed E-state index contributed by atoms with van der Waals surface area (Å²) >= 11 is 6.61. The van der Waals surface area contributed by atoms with Gasteiger partial charge in [0.15, 0.2) is 6.29 Å². The molecule has 1 unspecified atom stereocenters. The van der Waals surface area contributed by atoms with Gasteiger partial charge in [-0.15, -0.1) is 0 Å². The molecule has 0 bridgehead atoms. The Morgan fingerprint density at radius 3 is 2.62 bits per heavy atom. The number of hydrogen-bond acceptors (Lipinski definition) is 4. The number of ether oxygens (including phenoxy) is 2. The molecule has 3 aliphatic rings. The van der Waals surface area contributed by atoms with Crippen LogP contribution in [0.25, 0.3) is 16.3 Å². The van der Waals surface area contributed by atoms with Gasteiger partial charge in [0.25, 0.3) is 0 Å². The molecule has 0 spiro atoms. The SMILES string of the molecule is C1=COCC1.CC1CC=CC2=C1CCc1c2ccc2cccc(Oc3ccc(N(C)C)c(C=O)c3Cl)c12. The van der Waals surface area contributed by atoms with Crippen molar-refractivity contribution in [3.63, 3.8) is 0 Å². The highest BCUT2D eigenvalue weighted by atomic mass is 35.5. The van der Waals surface area contributed by atoms with E-state index in [1.807, 2.05) is 49.3 Å². The molecule has 0 N–H and O–H groups in total. The lowest BCUT2D eigenvalue weighted by Gasteiger charge is -2.29. The Hall–Kier alpha value is -3.50. The predicted octanol–water partition coefficient (Wildman–Crippen LogP) is 8.38. The molecule has 5 heteroatoms. The van der Waals surface area contributed by atoms with Crippen LogP contribution < -0.4 is 9.64 Å². The average Bonchev–Trinajstić information content (AvgIpc) is 3.50. The van der Waals surface area contributed by atoms with Crippen molar-refractivity contribution >= 4 is 39.9 Å². The fourth-order valence-corrected chi connectivity index (χ4v) is 5.67. The number of benzene rings is 3. The molecule has 37 heavy (non-hydrogen) atoms. The highest BCUT2D eigenvalue weighted by molar-refractivity contribution is 6.35. The molecule has 0 amide bonds. The number of anilines is 1. The fraction of sp³-hybridized carbons (Fsp3) is 0.281. The second-order valence-corrected chi connectivity index (χ2v) is 10.3. The van der Waals surface area contributed by atoms with Crippen LogP contribution in [0.1, 0.15) is 47.7 Å². The van der Waals surface area contributed by atoms with Crippen molar-refractivity contribution in [1.82, 2.24) is 0 Å². The normalized spacial score (nSPS) is 17.5. The second-order valence-electron chi connectivity index (χ2n) is 9.88. The van der Waals surface area contributed by atoms with Crippen molar-refractivity contribution in [1.29, 1.82) is 0 Å². The van der Waals surface area contributed by atoms with Crippen molar-refractivity contribution < 1.29 is 14.3 Å². The maximum Gasteiger partial charge on any atom is 0.153 e. The Balaban J connectivity index is 0.000000503. The summed E-state index contributed by atoms with van der Waals surface area (Å²) in [6, 6.07) is 14.3. The first kappa shape index (κ1) is 25.2. The highest BCUT2D eigenvalue weighted by Gasteiger charge is 2.25. The molecule has 2 aliphatic carbocycles. The summed E-state index contributed by atoms with van der Waals surface area (Å²) in [6.07, 6.45) is 13.4. The number of allylic oxidation sites excluding steroid dienone is 4. The lowest BCUT2D eigenvalue weighted by molar-refractivity contribution is 0.112. The van der Waals surface area contributed by atoms with Gasteiger partial charge in [-0.3, -0.25) is 4.79 Å². The van der Waals surface area contributed by atoms with E-state index < -0.39 is 0 Å². The van der Waals surface area contributed by atoms with Crippen LogP contribution in [0.15, 0.2) is 72.5 Å².